The maximum atomic E-state index is 11.2. The van der Waals surface area contributed by atoms with E-state index in [1.54, 1.807) is 6.92 Å². The molecule has 1 heterocycles. The molecule has 0 aromatic heterocycles. The summed E-state index contributed by atoms with van der Waals surface area (Å²) in [6.45, 7) is 3.27. The van der Waals surface area contributed by atoms with E-state index >= 15 is 0 Å². The van der Waals surface area contributed by atoms with Gasteiger partial charge in [-0.25, -0.2) is 14.9 Å². The van der Waals surface area contributed by atoms with Crippen molar-refractivity contribution >= 4 is 17.8 Å². The third-order valence-electron chi connectivity index (χ3n) is 2.25. The van der Waals surface area contributed by atoms with Crippen LogP contribution in [0.25, 0.3) is 0 Å². The first-order valence-corrected chi connectivity index (χ1v) is 3.75. The molecule has 0 aromatic rings. The first-order chi connectivity index (χ1) is 5.50. The Morgan fingerprint density at radius 2 is 1.79 bits per heavy atom. The fraction of sp³-hybridized carbons (Fsp3) is 0.571. The van der Waals surface area contributed by atoms with Crippen LogP contribution in [0.3, 0.4) is 0 Å². The second-order valence-corrected chi connectivity index (χ2v) is 3.01. The molecule has 0 saturated carbocycles. The molecule has 0 radical (unpaired) electrons. The van der Waals surface area contributed by atoms with Crippen molar-refractivity contribution in [3.8, 4) is 0 Å². The lowest BCUT2D eigenvalue weighted by atomic mass is 9.84. The summed E-state index contributed by atoms with van der Waals surface area (Å²) in [4.78, 5) is 33.1. The number of nitrogens with two attached hydrogens (primary N) is 1. The van der Waals surface area contributed by atoms with E-state index in [4.69, 9.17) is 0 Å². The van der Waals surface area contributed by atoms with E-state index in [-0.39, 0.29) is 34.0 Å². The Morgan fingerprint density at radius 1 is 1.29 bits per heavy atom. The number of rotatable bonds is 1. The van der Waals surface area contributed by atoms with E-state index in [1.165, 1.54) is 6.92 Å². The van der Waals surface area contributed by atoms with Crippen molar-refractivity contribution in [1.82, 2.24) is 5.32 Å². The maximum Gasteiger partial charge on any atom is 0.427 e. The second-order valence-electron chi connectivity index (χ2n) is 3.01. The van der Waals surface area contributed by atoms with E-state index in [9.17, 15) is 14.4 Å². The molecule has 1 aliphatic heterocycles. The zero-order valence-electron chi connectivity index (χ0n) is 7.77. The first-order valence-electron chi connectivity index (χ1n) is 3.75. The van der Waals surface area contributed by atoms with E-state index in [1.807, 2.05) is 0 Å². The summed E-state index contributed by atoms with van der Waals surface area (Å²) >= 11 is 0. The van der Waals surface area contributed by atoms with Gasteiger partial charge >= 0.3 is 11.9 Å². The van der Waals surface area contributed by atoms with Gasteiger partial charge in [0.1, 0.15) is 0 Å². The molecule has 1 aliphatic rings. The highest BCUT2D eigenvalue weighted by Crippen LogP contribution is 2.20. The van der Waals surface area contributed by atoms with Crippen LogP contribution < -0.4 is 44.6 Å². The predicted octanol–water partition coefficient (Wildman–Crippen LogP) is -7.25. The molecule has 1 saturated heterocycles. The molecule has 1 atom stereocenters. The molecule has 14 heavy (non-hydrogen) atoms. The molecular formula is C7H11Br2N2O3-. The molecule has 1 unspecified atom stereocenters. The SMILES string of the molecule is CCC1(C)C(=O)NC(=O)[NH2+]C1=O.[Br-].[Br-]. The Kier molecular flexibility index (Phi) is 6.44. The number of amides is 4. The van der Waals surface area contributed by atoms with Crippen LogP contribution in [0.5, 0.6) is 0 Å². The van der Waals surface area contributed by atoms with Crippen molar-refractivity contribution in [1.29, 1.82) is 0 Å². The third-order valence-corrected chi connectivity index (χ3v) is 2.25. The number of urea groups is 1. The first kappa shape index (κ1) is 16.2. The minimum atomic E-state index is -1.05. The van der Waals surface area contributed by atoms with E-state index in [0.29, 0.717) is 6.42 Å². The summed E-state index contributed by atoms with van der Waals surface area (Å²) in [6.07, 6.45) is 0.404. The molecule has 5 nitrogen and oxygen atoms in total. The van der Waals surface area contributed by atoms with Crippen molar-refractivity contribution in [2.75, 3.05) is 0 Å². The van der Waals surface area contributed by atoms with Gasteiger partial charge in [0.2, 0.25) is 0 Å². The lowest BCUT2D eigenvalue weighted by molar-refractivity contribution is -0.480. The van der Waals surface area contributed by atoms with Crippen LogP contribution in [0, 0.1) is 5.41 Å². The Labute approximate surface area is 103 Å². The number of primary amides is 2. The van der Waals surface area contributed by atoms with Crippen LogP contribution in [0.1, 0.15) is 20.3 Å². The van der Waals surface area contributed by atoms with Crippen molar-refractivity contribution in [2.45, 2.75) is 20.3 Å². The molecule has 0 bridgehead atoms. The number of carbonyl (C=O) groups is 3. The molecule has 4 amide bonds. The third kappa shape index (κ3) is 2.61. The van der Waals surface area contributed by atoms with Gasteiger partial charge in [-0.2, -0.15) is 5.32 Å². The maximum absolute atomic E-state index is 11.2. The Bertz CT molecular complexity index is 248. The number of barbiturate groups is 1. The molecule has 82 valence electrons. The number of carbonyl (C=O) groups excluding carboxylic acids is 3. The van der Waals surface area contributed by atoms with Crippen molar-refractivity contribution in [2.24, 2.45) is 5.41 Å². The van der Waals surface area contributed by atoms with Gasteiger partial charge in [-0.05, 0) is 13.3 Å². The second kappa shape index (κ2) is 5.57. The van der Waals surface area contributed by atoms with Crippen LogP contribution in [0.2, 0.25) is 0 Å². The number of imide groups is 2. The number of hydrogen-bond donors (Lipinski definition) is 2. The summed E-state index contributed by atoms with van der Waals surface area (Å²) < 4.78 is 0. The average Bonchev–Trinajstić information content (AvgIpc) is 2.00. The average molecular weight is 331 g/mol. The summed E-state index contributed by atoms with van der Waals surface area (Å²) in [5.41, 5.74) is -1.05. The minimum Gasteiger partial charge on any atom is -1.00 e. The number of halogens is 2. The largest absolute Gasteiger partial charge is 1.00 e. The Balaban J connectivity index is 0. The highest BCUT2D eigenvalue weighted by molar-refractivity contribution is 6.11. The molecule has 0 aliphatic carbocycles. The highest BCUT2D eigenvalue weighted by Gasteiger charge is 2.48. The monoisotopic (exact) mass is 329 g/mol. The lowest BCUT2D eigenvalue weighted by Crippen LogP contribution is -3.00. The van der Waals surface area contributed by atoms with Crippen LogP contribution in [0.4, 0.5) is 4.79 Å². The molecule has 7 heteroatoms. The van der Waals surface area contributed by atoms with Gasteiger partial charge in [0, 0.05) is 0 Å². The van der Waals surface area contributed by atoms with E-state index < -0.39 is 23.3 Å². The Morgan fingerprint density at radius 3 is 2.14 bits per heavy atom. The fourth-order valence-electron chi connectivity index (χ4n) is 1.01. The smallest absolute Gasteiger partial charge is 0.427 e. The zero-order valence-corrected chi connectivity index (χ0v) is 10.9. The number of hydrogen-bond acceptors (Lipinski definition) is 3. The van der Waals surface area contributed by atoms with Crippen molar-refractivity contribution in [3.63, 3.8) is 0 Å². The van der Waals surface area contributed by atoms with E-state index in [2.05, 4.69) is 5.32 Å². The standard InChI is InChI=1S/C7H10N2O3.2BrH/c1-3-7(2)4(10)8-6(12)9-5(7)11;;/h3H2,1-2H3,(H2,8,9,10,11,12);2*1H/p-1. The zero-order chi connectivity index (χ0) is 9.35. The molecule has 3 N–H and O–H groups in total. The van der Waals surface area contributed by atoms with Gasteiger partial charge in [-0.15, -0.1) is 0 Å². The van der Waals surface area contributed by atoms with Crippen LogP contribution in [0.15, 0.2) is 0 Å². The summed E-state index contributed by atoms with van der Waals surface area (Å²) in [5, 5.41) is 3.03. The predicted molar refractivity (Wildman–Crippen MR) is 38.9 cm³/mol. The van der Waals surface area contributed by atoms with Gasteiger partial charge in [0.05, 0.1) is 0 Å². The molecule has 1 fully saturated rings. The summed E-state index contributed by atoms with van der Waals surface area (Å²) in [7, 11) is 0. The fourth-order valence-corrected chi connectivity index (χ4v) is 1.01. The van der Waals surface area contributed by atoms with Gasteiger partial charge in [-0.1, -0.05) is 6.92 Å². The van der Waals surface area contributed by atoms with Crippen LogP contribution >= 0.6 is 0 Å². The summed E-state index contributed by atoms with van der Waals surface area (Å²) in [5.74, 6) is -0.902. The number of nitrogens with one attached hydrogen (secondary N) is 1. The van der Waals surface area contributed by atoms with Gasteiger partial charge in [0.25, 0.3) is 5.91 Å². The van der Waals surface area contributed by atoms with E-state index in [0.717, 1.165) is 5.32 Å². The van der Waals surface area contributed by atoms with Gasteiger partial charge in [-0.3, -0.25) is 4.79 Å². The number of quaternary nitrogens is 1. The van der Waals surface area contributed by atoms with Gasteiger partial charge < -0.3 is 34.0 Å². The van der Waals surface area contributed by atoms with Crippen LogP contribution in [-0.4, -0.2) is 17.8 Å². The molecular weight excluding hydrogens is 320 g/mol. The lowest BCUT2D eigenvalue weighted by Gasteiger charge is -2.24. The molecule has 1 rings (SSSR count). The van der Waals surface area contributed by atoms with Crippen LogP contribution in [-0.2, 0) is 9.59 Å². The quantitative estimate of drug-likeness (QED) is 0.469. The Hall–Kier alpha value is -0.270. The minimum absolute atomic E-state index is 0. The highest BCUT2D eigenvalue weighted by atomic mass is 79.9. The summed E-state index contributed by atoms with van der Waals surface area (Å²) in [6, 6.07) is -0.615. The normalized spacial score (nSPS) is 26.0. The molecule has 0 spiro atoms. The topological polar surface area (TPSA) is 79.8 Å². The molecule has 0 aromatic carbocycles. The van der Waals surface area contributed by atoms with Crippen molar-refractivity contribution < 1.29 is 53.7 Å². The van der Waals surface area contributed by atoms with Crippen molar-refractivity contribution in [3.05, 3.63) is 0 Å². The van der Waals surface area contributed by atoms with Gasteiger partial charge in [0.15, 0.2) is 5.41 Å².